The highest BCUT2D eigenvalue weighted by Gasteiger charge is 2.45. The highest BCUT2D eigenvalue weighted by atomic mass is 15.2. The van der Waals surface area contributed by atoms with Crippen molar-refractivity contribution in [3.05, 3.63) is 0 Å². The van der Waals surface area contributed by atoms with Crippen LogP contribution < -0.4 is 5.32 Å². The molecule has 0 radical (unpaired) electrons. The lowest BCUT2D eigenvalue weighted by Crippen LogP contribution is -2.59. The van der Waals surface area contributed by atoms with Gasteiger partial charge in [0.05, 0.1) is 0 Å². The minimum Gasteiger partial charge on any atom is -0.315 e. The molecule has 1 N–H and O–H groups in total. The van der Waals surface area contributed by atoms with E-state index < -0.39 is 0 Å². The van der Waals surface area contributed by atoms with E-state index in [0.29, 0.717) is 5.54 Å². The first kappa shape index (κ1) is 13.4. The molecular weight excluding hydrogens is 208 g/mol. The molecule has 2 fully saturated rings. The van der Waals surface area contributed by atoms with Crippen LogP contribution in [0.5, 0.6) is 0 Å². The standard InChI is InChI=1S/C15H30N2/c1-4-17(5-2)15(10-6-7-11-15)14(16-3)12-13-8-9-13/h13-14,16H,4-12H2,1-3H3. The van der Waals surface area contributed by atoms with Gasteiger partial charge in [0.2, 0.25) is 0 Å². The summed E-state index contributed by atoms with van der Waals surface area (Å²) in [5.41, 5.74) is 0.473. The molecule has 100 valence electrons. The van der Waals surface area contributed by atoms with Crippen molar-refractivity contribution in [2.24, 2.45) is 5.92 Å². The van der Waals surface area contributed by atoms with Crippen molar-refractivity contribution in [2.45, 2.75) is 70.4 Å². The molecule has 2 nitrogen and oxygen atoms in total. The Hall–Kier alpha value is -0.0800. The fourth-order valence-corrected chi connectivity index (χ4v) is 4.02. The zero-order valence-corrected chi connectivity index (χ0v) is 12.0. The van der Waals surface area contributed by atoms with Gasteiger partial charge in [-0.25, -0.2) is 0 Å². The van der Waals surface area contributed by atoms with Crippen LogP contribution in [0.3, 0.4) is 0 Å². The Kier molecular flexibility index (Phi) is 4.48. The van der Waals surface area contributed by atoms with Gasteiger partial charge in [0.15, 0.2) is 0 Å². The van der Waals surface area contributed by atoms with E-state index in [2.05, 4.69) is 31.1 Å². The molecule has 0 amide bonds. The van der Waals surface area contributed by atoms with E-state index >= 15 is 0 Å². The number of hydrogen-bond donors (Lipinski definition) is 1. The molecule has 2 saturated carbocycles. The van der Waals surface area contributed by atoms with Crippen molar-refractivity contribution in [2.75, 3.05) is 20.1 Å². The summed E-state index contributed by atoms with van der Waals surface area (Å²) in [4.78, 5) is 2.74. The van der Waals surface area contributed by atoms with Crippen molar-refractivity contribution in [3.8, 4) is 0 Å². The predicted octanol–water partition coefficient (Wildman–Crippen LogP) is 3.03. The first-order valence-corrected chi connectivity index (χ1v) is 7.69. The maximum atomic E-state index is 3.66. The molecule has 0 bridgehead atoms. The largest absolute Gasteiger partial charge is 0.315 e. The van der Waals surface area contributed by atoms with Crippen LogP contribution in [0.2, 0.25) is 0 Å². The number of nitrogens with zero attached hydrogens (tertiary/aromatic N) is 1. The average molecular weight is 238 g/mol. The van der Waals surface area contributed by atoms with E-state index in [1.165, 1.54) is 58.0 Å². The van der Waals surface area contributed by atoms with Crippen LogP contribution in [0.25, 0.3) is 0 Å². The molecule has 0 aromatic rings. The number of likely N-dealkylation sites (N-methyl/N-ethyl adjacent to an activating group) is 2. The third-order valence-corrected chi connectivity index (χ3v) is 5.13. The highest BCUT2D eigenvalue weighted by Crippen LogP contribution is 2.43. The van der Waals surface area contributed by atoms with Crippen molar-refractivity contribution < 1.29 is 0 Å². The van der Waals surface area contributed by atoms with Gasteiger partial charge in [0, 0.05) is 11.6 Å². The van der Waals surface area contributed by atoms with E-state index in [9.17, 15) is 0 Å². The van der Waals surface area contributed by atoms with Crippen LogP contribution in [0.1, 0.15) is 58.8 Å². The van der Waals surface area contributed by atoms with Gasteiger partial charge in [0.25, 0.3) is 0 Å². The topological polar surface area (TPSA) is 15.3 Å². The molecule has 1 unspecified atom stereocenters. The van der Waals surface area contributed by atoms with Gasteiger partial charge in [0.1, 0.15) is 0 Å². The van der Waals surface area contributed by atoms with E-state index in [1.807, 2.05) is 0 Å². The predicted molar refractivity (Wildman–Crippen MR) is 74.3 cm³/mol. The first-order valence-electron chi connectivity index (χ1n) is 7.69. The lowest BCUT2D eigenvalue weighted by Gasteiger charge is -2.46. The van der Waals surface area contributed by atoms with Gasteiger partial charge in [-0.2, -0.15) is 0 Å². The summed E-state index contributed by atoms with van der Waals surface area (Å²) >= 11 is 0. The smallest absolute Gasteiger partial charge is 0.0362 e. The van der Waals surface area contributed by atoms with Gasteiger partial charge in [-0.15, -0.1) is 0 Å². The summed E-state index contributed by atoms with van der Waals surface area (Å²) in [6.45, 7) is 7.07. The summed E-state index contributed by atoms with van der Waals surface area (Å²) in [5.74, 6) is 1.03. The first-order chi connectivity index (χ1) is 8.26. The minimum atomic E-state index is 0.473. The summed E-state index contributed by atoms with van der Waals surface area (Å²) in [6, 6.07) is 0.720. The Morgan fingerprint density at radius 3 is 2.18 bits per heavy atom. The second kappa shape index (κ2) is 5.71. The second-order valence-corrected chi connectivity index (χ2v) is 6.00. The Labute approximate surface area is 107 Å². The lowest BCUT2D eigenvalue weighted by atomic mass is 9.83. The number of nitrogens with one attached hydrogen (secondary N) is 1. The molecule has 0 aromatic heterocycles. The zero-order chi connectivity index (χ0) is 12.3. The van der Waals surface area contributed by atoms with Crippen molar-refractivity contribution in [1.82, 2.24) is 10.2 Å². The fraction of sp³-hybridized carbons (Fsp3) is 1.00. The SMILES string of the molecule is CCN(CC)C1(C(CC2CC2)NC)CCCC1. The molecule has 0 saturated heterocycles. The third kappa shape index (κ3) is 2.68. The molecule has 2 heteroatoms. The molecular formula is C15H30N2. The summed E-state index contributed by atoms with van der Waals surface area (Å²) < 4.78 is 0. The lowest BCUT2D eigenvalue weighted by molar-refractivity contribution is 0.0604. The van der Waals surface area contributed by atoms with Crippen LogP contribution in [0.15, 0.2) is 0 Å². The van der Waals surface area contributed by atoms with E-state index in [-0.39, 0.29) is 0 Å². The molecule has 0 aromatic carbocycles. The van der Waals surface area contributed by atoms with Crippen LogP contribution in [0, 0.1) is 5.92 Å². The Morgan fingerprint density at radius 1 is 1.18 bits per heavy atom. The molecule has 0 aliphatic heterocycles. The van der Waals surface area contributed by atoms with E-state index in [1.54, 1.807) is 0 Å². The maximum Gasteiger partial charge on any atom is 0.0362 e. The Morgan fingerprint density at radius 2 is 1.76 bits per heavy atom. The summed E-state index contributed by atoms with van der Waals surface area (Å²) in [6.07, 6.45) is 10.0. The van der Waals surface area contributed by atoms with Gasteiger partial charge in [-0.1, -0.05) is 39.5 Å². The molecule has 2 aliphatic rings. The van der Waals surface area contributed by atoms with E-state index in [4.69, 9.17) is 0 Å². The molecule has 2 rings (SSSR count). The molecule has 1 atom stereocenters. The second-order valence-electron chi connectivity index (χ2n) is 6.00. The van der Waals surface area contributed by atoms with Gasteiger partial charge < -0.3 is 5.32 Å². The molecule has 0 spiro atoms. The highest BCUT2D eigenvalue weighted by molar-refractivity contribution is 5.04. The number of rotatable bonds is 7. The van der Waals surface area contributed by atoms with Crippen molar-refractivity contribution in [1.29, 1.82) is 0 Å². The summed E-state index contributed by atoms with van der Waals surface area (Å²) in [7, 11) is 2.18. The monoisotopic (exact) mass is 238 g/mol. The molecule has 2 aliphatic carbocycles. The van der Waals surface area contributed by atoms with Gasteiger partial charge in [-0.3, -0.25) is 4.90 Å². The third-order valence-electron chi connectivity index (χ3n) is 5.13. The molecule has 17 heavy (non-hydrogen) atoms. The number of hydrogen-bond acceptors (Lipinski definition) is 2. The van der Waals surface area contributed by atoms with Crippen molar-refractivity contribution in [3.63, 3.8) is 0 Å². The Bertz CT molecular complexity index is 225. The van der Waals surface area contributed by atoms with Crippen molar-refractivity contribution >= 4 is 0 Å². The zero-order valence-electron chi connectivity index (χ0n) is 12.0. The van der Waals surface area contributed by atoms with Crippen LogP contribution >= 0.6 is 0 Å². The van der Waals surface area contributed by atoms with Gasteiger partial charge in [-0.05, 0) is 45.3 Å². The van der Waals surface area contributed by atoms with E-state index in [0.717, 1.165) is 12.0 Å². The average Bonchev–Trinajstić information content (AvgIpc) is 3.05. The molecule has 0 heterocycles. The van der Waals surface area contributed by atoms with Crippen LogP contribution in [0.4, 0.5) is 0 Å². The van der Waals surface area contributed by atoms with Crippen LogP contribution in [-0.2, 0) is 0 Å². The minimum absolute atomic E-state index is 0.473. The van der Waals surface area contributed by atoms with Crippen LogP contribution in [-0.4, -0.2) is 36.6 Å². The maximum absolute atomic E-state index is 3.66. The normalized spacial score (nSPS) is 25.4. The quantitative estimate of drug-likeness (QED) is 0.733. The Balaban J connectivity index is 2.11. The summed E-state index contributed by atoms with van der Waals surface area (Å²) in [5, 5.41) is 3.66. The van der Waals surface area contributed by atoms with Gasteiger partial charge >= 0.3 is 0 Å². The fourth-order valence-electron chi connectivity index (χ4n) is 4.02.